The Balaban J connectivity index is 1.53. The van der Waals surface area contributed by atoms with Crippen LogP contribution in [0.3, 0.4) is 0 Å². The fraction of sp³-hybridized carbons (Fsp3) is 0.278. The minimum atomic E-state index is -0.480. The summed E-state index contributed by atoms with van der Waals surface area (Å²) < 4.78 is 11.2. The standard InChI is InChI=1S/C18H17Cl2N3O4/c19-12-2-3-21-14(8-12)18(25)23-10-16(24)22-9-11-6-13(20)17-15(7-11)26-4-1-5-27-17/h2-3,6-8H,1,4-5,9-10H2,(H,22,24)(H,23,25). The van der Waals surface area contributed by atoms with E-state index in [-0.39, 0.29) is 24.7 Å². The summed E-state index contributed by atoms with van der Waals surface area (Å²) in [6, 6.07) is 6.48. The number of aromatic nitrogens is 1. The monoisotopic (exact) mass is 409 g/mol. The van der Waals surface area contributed by atoms with Gasteiger partial charge in [-0.05, 0) is 29.8 Å². The van der Waals surface area contributed by atoms with Crippen molar-refractivity contribution in [3.05, 3.63) is 51.8 Å². The molecule has 2 heterocycles. The highest BCUT2D eigenvalue weighted by Gasteiger charge is 2.16. The number of carbonyl (C=O) groups is 2. The smallest absolute Gasteiger partial charge is 0.270 e. The van der Waals surface area contributed by atoms with Crippen LogP contribution >= 0.6 is 23.2 Å². The van der Waals surface area contributed by atoms with E-state index >= 15 is 0 Å². The van der Waals surface area contributed by atoms with Crippen LogP contribution < -0.4 is 20.1 Å². The molecule has 2 aromatic rings. The third-order valence-electron chi connectivity index (χ3n) is 3.72. The molecule has 27 heavy (non-hydrogen) atoms. The van der Waals surface area contributed by atoms with Gasteiger partial charge in [-0.2, -0.15) is 0 Å². The van der Waals surface area contributed by atoms with Gasteiger partial charge in [-0.1, -0.05) is 23.2 Å². The van der Waals surface area contributed by atoms with E-state index in [1.165, 1.54) is 12.3 Å². The number of fused-ring (bicyclic) bond motifs is 1. The lowest BCUT2D eigenvalue weighted by Gasteiger charge is -2.12. The van der Waals surface area contributed by atoms with Crippen molar-refractivity contribution in [3.63, 3.8) is 0 Å². The van der Waals surface area contributed by atoms with E-state index in [1.807, 2.05) is 0 Å². The molecule has 0 saturated carbocycles. The van der Waals surface area contributed by atoms with E-state index < -0.39 is 5.91 Å². The number of nitrogens with zero attached hydrogens (tertiary/aromatic N) is 1. The number of rotatable bonds is 5. The Morgan fingerprint density at radius 3 is 2.74 bits per heavy atom. The minimum absolute atomic E-state index is 0.144. The molecule has 0 aliphatic carbocycles. The number of hydrogen-bond donors (Lipinski definition) is 2. The van der Waals surface area contributed by atoms with E-state index in [4.69, 9.17) is 32.7 Å². The van der Waals surface area contributed by atoms with Crippen molar-refractivity contribution in [3.8, 4) is 11.5 Å². The molecular weight excluding hydrogens is 393 g/mol. The number of amides is 2. The Hall–Kier alpha value is -2.51. The third-order valence-corrected chi connectivity index (χ3v) is 4.23. The zero-order valence-corrected chi connectivity index (χ0v) is 15.8. The van der Waals surface area contributed by atoms with Gasteiger partial charge >= 0.3 is 0 Å². The molecule has 1 aromatic carbocycles. The van der Waals surface area contributed by atoms with Crippen LogP contribution in [0.1, 0.15) is 22.5 Å². The second-order valence-electron chi connectivity index (χ2n) is 5.77. The summed E-state index contributed by atoms with van der Waals surface area (Å²) in [7, 11) is 0. The molecule has 0 unspecified atom stereocenters. The van der Waals surface area contributed by atoms with Gasteiger partial charge in [0.15, 0.2) is 11.5 Å². The molecule has 1 aromatic heterocycles. The molecule has 0 spiro atoms. The first-order valence-corrected chi connectivity index (χ1v) is 9.03. The normalized spacial score (nSPS) is 12.8. The van der Waals surface area contributed by atoms with Gasteiger partial charge < -0.3 is 20.1 Å². The number of benzene rings is 1. The van der Waals surface area contributed by atoms with Crippen LogP contribution in [0.4, 0.5) is 0 Å². The van der Waals surface area contributed by atoms with Crippen molar-refractivity contribution in [2.45, 2.75) is 13.0 Å². The fourth-order valence-corrected chi connectivity index (χ4v) is 2.88. The van der Waals surface area contributed by atoms with Gasteiger partial charge in [-0.15, -0.1) is 0 Å². The third kappa shape index (κ3) is 5.24. The number of nitrogens with one attached hydrogen (secondary N) is 2. The highest BCUT2D eigenvalue weighted by atomic mass is 35.5. The number of carbonyl (C=O) groups excluding carboxylic acids is 2. The van der Waals surface area contributed by atoms with Crippen molar-refractivity contribution >= 4 is 35.0 Å². The van der Waals surface area contributed by atoms with Crippen LogP contribution in [0.15, 0.2) is 30.5 Å². The molecule has 2 N–H and O–H groups in total. The maximum absolute atomic E-state index is 12.0. The zero-order chi connectivity index (χ0) is 19.2. The lowest BCUT2D eigenvalue weighted by Crippen LogP contribution is -2.36. The topological polar surface area (TPSA) is 89.6 Å². The number of pyridine rings is 1. The minimum Gasteiger partial charge on any atom is -0.489 e. The molecule has 0 saturated heterocycles. The maximum Gasteiger partial charge on any atom is 0.270 e. The van der Waals surface area contributed by atoms with Crippen LogP contribution in [-0.2, 0) is 11.3 Å². The van der Waals surface area contributed by atoms with Crippen LogP contribution in [0.25, 0.3) is 0 Å². The molecule has 142 valence electrons. The lowest BCUT2D eigenvalue weighted by molar-refractivity contribution is -0.120. The summed E-state index contributed by atoms with van der Waals surface area (Å²) in [6.45, 7) is 1.14. The van der Waals surface area contributed by atoms with Crippen LogP contribution in [0.5, 0.6) is 11.5 Å². The van der Waals surface area contributed by atoms with E-state index in [2.05, 4.69) is 15.6 Å². The van der Waals surface area contributed by atoms with Gasteiger partial charge in [0.25, 0.3) is 5.91 Å². The van der Waals surface area contributed by atoms with Gasteiger partial charge in [-0.3, -0.25) is 14.6 Å². The Kier molecular flexibility index (Phi) is 6.36. The SMILES string of the molecule is O=C(CNC(=O)c1cc(Cl)ccn1)NCc1cc(Cl)c2c(c1)OCCCO2. The summed E-state index contributed by atoms with van der Waals surface area (Å²) in [5.74, 6) is 0.245. The van der Waals surface area contributed by atoms with Gasteiger partial charge in [-0.25, -0.2) is 0 Å². The Labute approximate surface area is 166 Å². The van der Waals surface area contributed by atoms with Crippen LogP contribution in [0.2, 0.25) is 10.0 Å². The molecule has 0 atom stereocenters. The Bertz CT molecular complexity index is 860. The van der Waals surface area contributed by atoms with E-state index in [9.17, 15) is 9.59 Å². The molecule has 0 radical (unpaired) electrons. The highest BCUT2D eigenvalue weighted by molar-refractivity contribution is 6.32. The first-order valence-electron chi connectivity index (χ1n) is 8.27. The molecular formula is C18H17Cl2N3O4. The summed E-state index contributed by atoms with van der Waals surface area (Å²) in [5, 5.41) is 6.02. The molecule has 3 rings (SSSR count). The summed E-state index contributed by atoms with van der Waals surface area (Å²) in [4.78, 5) is 27.8. The summed E-state index contributed by atoms with van der Waals surface area (Å²) in [6.07, 6.45) is 2.20. The van der Waals surface area contributed by atoms with Crippen molar-refractivity contribution in [2.24, 2.45) is 0 Å². The molecule has 0 fully saturated rings. The second kappa shape index (κ2) is 8.92. The lowest BCUT2D eigenvalue weighted by atomic mass is 10.2. The van der Waals surface area contributed by atoms with Gasteiger partial charge in [0, 0.05) is 24.2 Å². The number of hydrogen-bond acceptors (Lipinski definition) is 5. The van der Waals surface area contributed by atoms with E-state index in [0.717, 1.165) is 12.0 Å². The number of ether oxygens (including phenoxy) is 2. The first-order chi connectivity index (χ1) is 13.0. The molecule has 7 nitrogen and oxygen atoms in total. The van der Waals surface area contributed by atoms with Crippen LogP contribution in [0, 0.1) is 0 Å². The molecule has 1 aliphatic rings. The molecule has 0 bridgehead atoms. The Morgan fingerprint density at radius 2 is 1.93 bits per heavy atom. The van der Waals surface area contributed by atoms with Crippen molar-refractivity contribution in [2.75, 3.05) is 19.8 Å². The first kappa shape index (κ1) is 19.3. The average molecular weight is 410 g/mol. The summed E-state index contributed by atoms with van der Waals surface area (Å²) >= 11 is 12.0. The van der Waals surface area contributed by atoms with Crippen molar-refractivity contribution < 1.29 is 19.1 Å². The second-order valence-corrected chi connectivity index (χ2v) is 6.62. The predicted octanol–water partition coefficient (Wildman–Crippen LogP) is 2.60. The van der Waals surface area contributed by atoms with Gasteiger partial charge in [0.2, 0.25) is 5.91 Å². The van der Waals surface area contributed by atoms with E-state index in [1.54, 1.807) is 18.2 Å². The van der Waals surface area contributed by atoms with Gasteiger partial charge in [0.05, 0.1) is 24.8 Å². The molecule has 9 heteroatoms. The average Bonchev–Trinajstić information content (AvgIpc) is 2.90. The summed E-state index contributed by atoms with van der Waals surface area (Å²) in [5.41, 5.74) is 0.908. The maximum atomic E-state index is 12.0. The molecule has 2 amide bonds. The predicted molar refractivity (Wildman–Crippen MR) is 100 cm³/mol. The number of halogens is 2. The largest absolute Gasteiger partial charge is 0.489 e. The quantitative estimate of drug-likeness (QED) is 0.791. The fourth-order valence-electron chi connectivity index (χ4n) is 2.43. The van der Waals surface area contributed by atoms with Crippen LogP contribution in [-0.4, -0.2) is 36.6 Å². The molecule has 1 aliphatic heterocycles. The Morgan fingerprint density at radius 1 is 1.11 bits per heavy atom. The van der Waals surface area contributed by atoms with Crippen molar-refractivity contribution in [1.82, 2.24) is 15.6 Å². The van der Waals surface area contributed by atoms with E-state index in [0.29, 0.717) is 34.8 Å². The zero-order valence-electron chi connectivity index (χ0n) is 14.3. The van der Waals surface area contributed by atoms with Crippen molar-refractivity contribution in [1.29, 1.82) is 0 Å². The highest BCUT2D eigenvalue weighted by Crippen LogP contribution is 2.37. The van der Waals surface area contributed by atoms with Gasteiger partial charge in [0.1, 0.15) is 5.69 Å².